The Bertz CT molecular complexity index is 806. The first kappa shape index (κ1) is 22.6. The van der Waals surface area contributed by atoms with E-state index in [1.807, 2.05) is 18.0 Å². The highest BCUT2D eigenvalue weighted by Gasteiger charge is 2.09. The lowest BCUT2D eigenvalue weighted by molar-refractivity contribution is 0.281. The van der Waals surface area contributed by atoms with E-state index in [0.29, 0.717) is 36.0 Å². The first-order valence-electron chi connectivity index (χ1n) is 8.02. The summed E-state index contributed by atoms with van der Waals surface area (Å²) < 4.78 is 32.2. The lowest BCUT2D eigenvalue weighted by Crippen LogP contribution is -2.40. The van der Waals surface area contributed by atoms with Crippen molar-refractivity contribution in [3.8, 4) is 11.8 Å². The average Bonchev–Trinajstić information content (AvgIpc) is 2.65. The van der Waals surface area contributed by atoms with Crippen molar-refractivity contribution < 1.29 is 13.5 Å². The van der Waals surface area contributed by atoms with Crippen LogP contribution in [0.3, 0.4) is 0 Å². The van der Waals surface area contributed by atoms with Crippen LogP contribution in [0.4, 0.5) is 8.78 Å². The Morgan fingerprint density at radius 2 is 1.93 bits per heavy atom. The highest BCUT2D eigenvalue weighted by atomic mass is 127. The second kappa shape index (κ2) is 11.3. The minimum Gasteiger partial charge on any atom is -0.492 e. The van der Waals surface area contributed by atoms with Crippen molar-refractivity contribution in [2.45, 2.75) is 6.54 Å². The number of benzene rings is 2. The third-order valence-electron chi connectivity index (χ3n) is 3.69. The zero-order valence-corrected chi connectivity index (χ0v) is 17.4. The molecule has 0 unspecified atom stereocenters. The van der Waals surface area contributed by atoms with Gasteiger partial charge in [-0.15, -0.1) is 24.0 Å². The number of ether oxygens (including phenoxy) is 1. The molecule has 2 rings (SSSR count). The minimum atomic E-state index is -0.380. The molecule has 0 saturated heterocycles. The molecular weight excluding hydrogens is 465 g/mol. The lowest BCUT2D eigenvalue weighted by Gasteiger charge is -2.22. The van der Waals surface area contributed by atoms with Crippen molar-refractivity contribution in [2.24, 2.45) is 4.99 Å². The zero-order valence-electron chi connectivity index (χ0n) is 15.1. The van der Waals surface area contributed by atoms with Crippen molar-refractivity contribution in [2.75, 3.05) is 27.2 Å². The van der Waals surface area contributed by atoms with Crippen LogP contribution in [0.1, 0.15) is 11.1 Å². The van der Waals surface area contributed by atoms with Crippen molar-refractivity contribution in [1.29, 1.82) is 5.26 Å². The van der Waals surface area contributed by atoms with Gasteiger partial charge in [0, 0.05) is 26.2 Å². The summed E-state index contributed by atoms with van der Waals surface area (Å²) in [6.07, 6.45) is 0. The van der Waals surface area contributed by atoms with Crippen molar-refractivity contribution in [3.05, 3.63) is 65.2 Å². The number of nitrogens with one attached hydrogen (secondary N) is 1. The largest absolute Gasteiger partial charge is 0.492 e. The number of nitrogens with zero attached hydrogens (tertiary/aromatic N) is 3. The summed E-state index contributed by atoms with van der Waals surface area (Å²) in [6, 6.07) is 12.0. The van der Waals surface area contributed by atoms with Gasteiger partial charge in [-0.3, -0.25) is 4.99 Å². The molecule has 0 saturated carbocycles. The predicted molar refractivity (Wildman–Crippen MR) is 111 cm³/mol. The third kappa shape index (κ3) is 7.02. The van der Waals surface area contributed by atoms with Gasteiger partial charge in [0.05, 0.1) is 18.2 Å². The summed E-state index contributed by atoms with van der Waals surface area (Å²) in [5, 5.41) is 12.0. The first-order chi connectivity index (χ1) is 12.5. The summed E-state index contributed by atoms with van der Waals surface area (Å²) in [5.41, 5.74) is 0.792. The normalized spacial score (nSPS) is 10.6. The molecule has 0 bridgehead atoms. The molecule has 0 heterocycles. The fraction of sp³-hybridized carbons (Fsp3) is 0.263. The Balaban J connectivity index is 0.00000364. The van der Waals surface area contributed by atoms with Gasteiger partial charge in [-0.2, -0.15) is 5.26 Å². The maximum absolute atomic E-state index is 13.8. The quantitative estimate of drug-likeness (QED) is 0.386. The number of nitriles is 1. The first-order valence-corrected chi connectivity index (χ1v) is 8.02. The van der Waals surface area contributed by atoms with E-state index >= 15 is 0 Å². The van der Waals surface area contributed by atoms with Gasteiger partial charge in [-0.05, 0) is 42.5 Å². The van der Waals surface area contributed by atoms with Crippen molar-refractivity contribution >= 4 is 29.9 Å². The number of rotatable bonds is 6. The molecule has 5 nitrogen and oxygen atoms in total. The predicted octanol–water partition coefficient (Wildman–Crippen LogP) is 3.54. The Morgan fingerprint density at radius 3 is 2.56 bits per heavy atom. The molecule has 0 aliphatic rings. The second-order valence-corrected chi connectivity index (χ2v) is 5.54. The summed E-state index contributed by atoms with van der Waals surface area (Å²) in [4.78, 5) is 5.98. The Labute approximate surface area is 174 Å². The van der Waals surface area contributed by atoms with E-state index in [-0.39, 0.29) is 42.2 Å². The number of aliphatic imine (C=N–C) groups is 1. The van der Waals surface area contributed by atoms with E-state index in [0.717, 1.165) is 0 Å². The lowest BCUT2D eigenvalue weighted by atomic mass is 10.1. The standard InChI is InChI=1S/C19H20F2N4O.HI/c1-23-19(24-13-15-11-14(12-22)3-8-18(15)21)25(2)9-10-26-17-6-4-16(20)5-7-17;/h3-8,11H,9-10,13H2,1-2H3,(H,23,24);1H. The fourth-order valence-corrected chi connectivity index (χ4v) is 2.28. The maximum Gasteiger partial charge on any atom is 0.193 e. The van der Waals surface area contributed by atoms with E-state index in [9.17, 15) is 8.78 Å². The second-order valence-electron chi connectivity index (χ2n) is 5.54. The fourth-order valence-electron chi connectivity index (χ4n) is 2.28. The van der Waals surface area contributed by atoms with Crippen LogP contribution in [0.15, 0.2) is 47.5 Å². The Kier molecular flexibility index (Phi) is 9.50. The van der Waals surface area contributed by atoms with E-state index in [2.05, 4.69) is 10.3 Å². The molecule has 2 aromatic carbocycles. The maximum atomic E-state index is 13.8. The van der Waals surface area contributed by atoms with Gasteiger partial charge < -0.3 is 15.0 Å². The number of likely N-dealkylation sites (N-methyl/N-ethyl adjacent to an activating group) is 1. The highest BCUT2D eigenvalue weighted by Crippen LogP contribution is 2.11. The molecule has 8 heteroatoms. The van der Waals surface area contributed by atoms with Crippen LogP contribution in [-0.2, 0) is 6.54 Å². The molecule has 144 valence electrons. The molecule has 0 spiro atoms. The topological polar surface area (TPSA) is 60.7 Å². The van der Waals surface area contributed by atoms with Crippen molar-refractivity contribution in [1.82, 2.24) is 10.2 Å². The minimum absolute atomic E-state index is 0. The van der Waals surface area contributed by atoms with Gasteiger partial charge in [-0.1, -0.05) is 0 Å². The number of hydrogen-bond donors (Lipinski definition) is 1. The molecule has 0 amide bonds. The molecular formula is C19H21F2IN4O. The molecule has 0 aromatic heterocycles. The van der Waals surface area contributed by atoms with E-state index < -0.39 is 0 Å². The van der Waals surface area contributed by atoms with Gasteiger partial charge in [0.2, 0.25) is 0 Å². The average molecular weight is 486 g/mol. The van der Waals surface area contributed by atoms with Crippen LogP contribution >= 0.6 is 24.0 Å². The summed E-state index contributed by atoms with van der Waals surface area (Å²) in [6.45, 7) is 1.11. The molecule has 0 fully saturated rings. The van der Waals surface area contributed by atoms with Gasteiger partial charge in [0.25, 0.3) is 0 Å². The number of hydrogen-bond acceptors (Lipinski definition) is 3. The smallest absolute Gasteiger partial charge is 0.193 e. The van der Waals surface area contributed by atoms with E-state index in [4.69, 9.17) is 10.00 Å². The molecule has 1 N–H and O–H groups in total. The van der Waals surface area contributed by atoms with Crippen molar-refractivity contribution in [3.63, 3.8) is 0 Å². The van der Waals surface area contributed by atoms with Crippen LogP contribution in [0.25, 0.3) is 0 Å². The Hall–Kier alpha value is -2.41. The monoisotopic (exact) mass is 486 g/mol. The van der Waals surface area contributed by atoms with Crippen LogP contribution in [-0.4, -0.2) is 38.1 Å². The summed E-state index contributed by atoms with van der Waals surface area (Å²) in [5.74, 6) is 0.452. The third-order valence-corrected chi connectivity index (χ3v) is 3.69. The SMILES string of the molecule is CN=C(NCc1cc(C#N)ccc1F)N(C)CCOc1ccc(F)cc1.I. The molecule has 27 heavy (non-hydrogen) atoms. The summed E-state index contributed by atoms with van der Waals surface area (Å²) in [7, 11) is 3.45. The van der Waals surface area contributed by atoms with Crippen LogP contribution in [0.2, 0.25) is 0 Å². The van der Waals surface area contributed by atoms with Gasteiger partial charge in [-0.25, -0.2) is 8.78 Å². The van der Waals surface area contributed by atoms with E-state index in [1.54, 1.807) is 19.2 Å². The van der Waals surface area contributed by atoms with Crippen LogP contribution in [0, 0.1) is 23.0 Å². The molecule has 2 aromatic rings. The van der Waals surface area contributed by atoms with Crippen LogP contribution in [0.5, 0.6) is 5.75 Å². The number of guanidine groups is 1. The molecule has 0 aliphatic heterocycles. The number of halogens is 3. The molecule has 0 aliphatic carbocycles. The zero-order chi connectivity index (χ0) is 18.9. The molecule has 0 atom stereocenters. The van der Waals surface area contributed by atoms with Crippen LogP contribution < -0.4 is 10.1 Å². The van der Waals surface area contributed by atoms with Gasteiger partial charge in [0.15, 0.2) is 5.96 Å². The van der Waals surface area contributed by atoms with Gasteiger partial charge in [0.1, 0.15) is 24.0 Å². The summed E-state index contributed by atoms with van der Waals surface area (Å²) >= 11 is 0. The Morgan fingerprint density at radius 1 is 1.22 bits per heavy atom. The molecule has 0 radical (unpaired) electrons. The van der Waals surface area contributed by atoms with E-state index in [1.165, 1.54) is 30.3 Å². The van der Waals surface area contributed by atoms with Gasteiger partial charge >= 0.3 is 0 Å². The highest BCUT2D eigenvalue weighted by molar-refractivity contribution is 14.0.